The van der Waals surface area contributed by atoms with E-state index < -0.39 is 0 Å². The molecular weight excluding hydrogens is 352 g/mol. The molecule has 1 aromatic carbocycles. The van der Waals surface area contributed by atoms with E-state index in [9.17, 15) is 4.79 Å². The summed E-state index contributed by atoms with van der Waals surface area (Å²) in [6, 6.07) is 10.3. The fraction of sp³-hybridized carbons (Fsp3) is 0.368. The SMILES string of the molecule is COCCn1c(SCc2ccccc2)nc2sc3c(c2c1=O)CCC3. The summed E-state index contributed by atoms with van der Waals surface area (Å²) < 4.78 is 7.01. The number of methoxy groups -OCH3 is 1. The number of fused-ring (bicyclic) bond motifs is 3. The second kappa shape index (κ2) is 7.32. The van der Waals surface area contributed by atoms with Crippen molar-refractivity contribution in [2.45, 2.75) is 36.7 Å². The number of thioether (sulfide) groups is 1. The molecule has 0 saturated heterocycles. The average Bonchev–Trinajstić information content (AvgIpc) is 3.21. The highest BCUT2D eigenvalue weighted by Crippen LogP contribution is 2.35. The van der Waals surface area contributed by atoms with Crippen LogP contribution in [0.2, 0.25) is 0 Å². The van der Waals surface area contributed by atoms with Crippen LogP contribution in [-0.4, -0.2) is 23.3 Å². The van der Waals surface area contributed by atoms with Crippen molar-refractivity contribution >= 4 is 33.3 Å². The maximum absolute atomic E-state index is 13.1. The molecule has 2 aromatic heterocycles. The lowest BCUT2D eigenvalue weighted by Crippen LogP contribution is -2.25. The van der Waals surface area contributed by atoms with Gasteiger partial charge in [-0.15, -0.1) is 11.3 Å². The minimum absolute atomic E-state index is 0.0945. The van der Waals surface area contributed by atoms with Crippen molar-refractivity contribution in [3.8, 4) is 0 Å². The summed E-state index contributed by atoms with van der Waals surface area (Å²) in [6.07, 6.45) is 3.24. The van der Waals surface area contributed by atoms with Gasteiger partial charge in [-0.1, -0.05) is 42.1 Å². The molecular formula is C19H20N2O2S2. The van der Waals surface area contributed by atoms with Crippen molar-refractivity contribution in [2.24, 2.45) is 0 Å². The lowest BCUT2D eigenvalue weighted by atomic mass is 10.2. The number of hydrogen-bond acceptors (Lipinski definition) is 5. The first kappa shape index (κ1) is 16.8. The number of benzene rings is 1. The zero-order chi connectivity index (χ0) is 17.2. The highest BCUT2D eigenvalue weighted by Gasteiger charge is 2.23. The standard InChI is InChI=1S/C19H20N2O2S2/c1-23-11-10-21-18(22)16-14-8-5-9-15(14)25-17(16)20-19(21)24-12-13-6-3-2-4-7-13/h2-4,6-7H,5,8-12H2,1H3. The van der Waals surface area contributed by atoms with Gasteiger partial charge in [0.2, 0.25) is 0 Å². The molecule has 0 saturated carbocycles. The van der Waals surface area contributed by atoms with E-state index in [-0.39, 0.29) is 5.56 Å². The molecule has 1 aliphatic carbocycles. The Hall–Kier alpha value is -1.63. The molecule has 0 amide bonds. The Labute approximate surface area is 154 Å². The van der Waals surface area contributed by atoms with Crippen LogP contribution in [0.4, 0.5) is 0 Å². The molecule has 0 atom stereocenters. The first-order valence-electron chi connectivity index (χ1n) is 8.48. The topological polar surface area (TPSA) is 44.1 Å². The van der Waals surface area contributed by atoms with E-state index in [0.29, 0.717) is 13.2 Å². The van der Waals surface area contributed by atoms with Crippen molar-refractivity contribution in [3.05, 3.63) is 56.7 Å². The summed E-state index contributed by atoms with van der Waals surface area (Å²) in [5.74, 6) is 0.802. The molecule has 0 spiro atoms. The number of hydrogen-bond donors (Lipinski definition) is 0. The number of rotatable bonds is 6. The maximum atomic E-state index is 13.1. The maximum Gasteiger partial charge on any atom is 0.263 e. The first-order valence-corrected chi connectivity index (χ1v) is 10.3. The van der Waals surface area contributed by atoms with Gasteiger partial charge in [0.15, 0.2) is 5.16 Å². The molecule has 4 rings (SSSR count). The zero-order valence-electron chi connectivity index (χ0n) is 14.2. The van der Waals surface area contributed by atoms with Gasteiger partial charge in [0.1, 0.15) is 4.83 Å². The highest BCUT2D eigenvalue weighted by atomic mass is 32.2. The van der Waals surface area contributed by atoms with Gasteiger partial charge in [-0.3, -0.25) is 9.36 Å². The molecule has 2 heterocycles. The molecule has 25 heavy (non-hydrogen) atoms. The lowest BCUT2D eigenvalue weighted by Gasteiger charge is -2.12. The van der Waals surface area contributed by atoms with E-state index in [4.69, 9.17) is 9.72 Å². The summed E-state index contributed by atoms with van der Waals surface area (Å²) >= 11 is 3.32. The lowest BCUT2D eigenvalue weighted by molar-refractivity contribution is 0.183. The molecule has 6 heteroatoms. The molecule has 0 unspecified atom stereocenters. The number of nitrogens with zero attached hydrogens (tertiary/aromatic N) is 2. The van der Waals surface area contributed by atoms with Gasteiger partial charge in [-0.25, -0.2) is 4.98 Å². The molecule has 3 aromatic rings. The molecule has 130 valence electrons. The van der Waals surface area contributed by atoms with E-state index in [1.165, 1.54) is 16.0 Å². The van der Waals surface area contributed by atoms with Gasteiger partial charge in [0, 0.05) is 17.7 Å². The Morgan fingerprint density at radius 2 is 2.12 bits per heavy atom. The van der Waals surface area contributed by atoms with Crippen molar-refractivity contribution < 1.29 is 4.74 Å². The van der Waals surface area contributed by atoms with Crippen LogP contribution in [0.1, 0.15) is 22.4 Å². The third kappa shape index (κ3) is 3.26. The minimum Gasteiger partial charge on any atom is -0.383 e. The quantitative estimate of drug-likeness (QED) is 0.486. The second-order valence-electron chi connectivity index (χ2n) is 6.16. The molecule has 0 bridgehead atoms. The molecule has 1 aliphatic rings. The van der Waals surface area contributed by atoms with E-state index in [2.05, 4.69) is 12.1 Å². The summed E-state index contributed by atoms with van der Waals surface area (Å²) in [5, 5.41) is 1.64. The molecule has 0 radical (unpaired) electrons. The van der Waals surface area contributed by atoms with Crippen molar-refractivity contribution in [1.29, 1.82) is 0 Å². The second-order valence-corrected chi connectivity index (χ2v) is 8.18. The van der Waals surface area contributed by atoms with Gasteiger partial charge < -0.3 is 4.74 Å². The summed E-state index contributed by atoms with van der Waals surface area (Å²) in [6.45, 7) is 1.05. The van der Waals surface area contributed by atoms with Crippen molar-refractivity contribution in [3.63, 3.8) is 0 Å². The van der Waals surface area contributed by atoms with Crippen LogP contribution in [0, 0.1) is 0 Å². The first-order chi connectivity index (χ1) is 12.3. The van der Waals surface area contributed by atoms with Crippen LogP contribution in [0.15, 0.2) is 40.3 Å². The van der Waals surface area contributed by atoms with Gasteiger partial charge in [-0.2, -0.15) is 0 Å². The predicted octanol–water partition coefficient (Wildman–Crippen LogP) is 3.89. The van der Waals surface area contributed by atoms with Gasteiger partial charge in [-0.05, 0) is 30.4 Å². The van der Waals surface area contributed by atoms with Crippen LogP contribution in [0.3, 0.4) is 0 Å². The largest absolute Gasteiger partial charge is 0.383 e. The summed E-state index contributed by atoms with van der Waals surface area (Å²) in [4.78, 5) is 20.3. The van der Waals surface area contributed by atoms with Crippen LogP contribution < -0.4 is 5.56 Å². The number of thiophene rings is 1. The number of ether oxygens (including phenoxy) is 1. The van der Waals surface area contributed by atoms with Crippen molar-refractivity contribution in [1.82, 2.24) is 9.55 Å². The van der Waals surface area contributed by atoms with Crippen molar-refractivity contribution in [2.75, 3.05) is 13.7 Å². The highest BCUT2D eigenvalue weighted by molar-refractivity contribution is 7.98. The molecule has 0 fully saturated rings. The van der Waals surface area contributed by atoms with Crippen LogP contribution in [0.5, 0.6) is 0 Å². The van der Waals surface area contributed by atoms with Gasteiger partial charge >= 0.3 is 0 Å². The minimum atomic E-state index is 0.0945. The van der Waals surface area contributed by atoms with Crippen LogP contribution >= 0.6 is 23.1 Å². The van der Waals surface area contributed by atoms with E-state index in [1.54, 1.807) is 34.8 Å². The van der Waals surface area contributed by atoms with E-state index >= 15 is 0 Å². The third-order valence-electron chi connectivity index (χ3n) is 4.52. The van der Waals surface area contributed by atoms with E-state index in [0.717, 1.165) is 40.4 Å². The third-order valence-corrected chi connectivity index (χ3v) is 6.75. The Morgan fingerprint density at radius 1 is 1.28 bits per heavy atom. The Balaban J connectivity index is 1.75. The fourth-order valence-electron chi connectivity index (χ4n) is 3.27. The predicted molar refractivity (Wildman–Crippen MR) is 104 cm³/mol. The zero-order valence-corrected chi connectivity index (χ0v) is 15.8. The molecule has 0 N–H and O–H groups in total. The Bertz CT molecular complexity index is 947. The number of aromatic nitrogens is 2. The van der Waals surface area contributed by atoms with Crippen LogP contribution in [-0.2, 0) is 29.9 Å². The number of aryl methyl sites for hydroxylation is 2. The summed E-state index contributed by atoms with van der Waals surface area (Å²) in [7, 11) is 1.66. The van der Waals surface area contributed by atoms with Crippen LogP contribution in [0.25, 0.3) is 10.2 Å². The molecule has 4 nitrogen and oxygen atoms in total. The summed E-state index contributed by atoms with van der Waals surface area (Å²) in [5.41, 5.74) is 2.56. The fourth-order valence-corrected chi connectivity index (χ4v) is 5.55. The Kier molecular flexibility index (Phi) is 4.92. The van der Waals surface area contributed by atoms with Gasteiger partial charge in [0.25, 0.3) is 5.56 Å². The Morgan fingerprint density at radius 3 is 2.92 bits per heavy atom. The molecule has 0 aliphatic heterocycles. The average molecular weight is 373 g/mol. The van der Waals surface area contributed by atoms with E-state index in [1.807, 2.05) is 18.2 Å². The van der Waals surface area contributed by atoms with Gasteiger partial charge in [0.05, 0.1) is 18.5 Å². The normalized spacial score (nSPS) is 13.5. The smallest absolute Gasteiger partial charge is 0.263 e. The monoisotopic (exact) mass is 372 g/mol.